The fourth-order valence-electron chi connectivity index (χ4n) is 2.56. The molecule has 0 aliphatic carbocycles. The summed E-state index contributed by atoms with van der Waals surface area (Å²) in [6.45, 7) is 5.67. The molecular weight excluding hydrogens is 214 g/mol. The maximum absolute atomic E-state index is 4.13. The van der Waals surface area contributed by atoms with Gasteiger partial charge in [0.25, 0.3) is 0 Å². The Hall–Kier alpha value is -0.940. The van der Waals surface area contributed by atoms with Gasteiger partial charge in [-0.3, -0.25) is 0 Å². The second-order valence-electron chi connectivity index (χ2n) is 5.20. The smallest absolute Gasteiger partial charge is 0.149 e. The summed E-state index contributed by atoms with van der Waals surface area (Å²) in [5.74, 6) is 1.78. The molecule has 2 heterocycles. The van der Waals surface area contributed by atoms with Crippen molar-refractivity contribution >= 4 is 0 Å². The Morgan fingerprint density at radius 3 is 3.00 bits per heavy atom. The average molecular weight is 237 g/mol. The molecule has 1 N–H and O–H groups in total. The number of nitrogens with one attached hydrogen (secondary N) is 1. The average Bonchev–Trinajstić information content (AvgIpc) is 2.72. The number of hydrogen-bond donors (Lipinski definition) is 1. The lowest BCUT2D eigenvalue weighted by molar-refractivity contribution is 0.203. The van der Waals surface area contributed by atoms with Crippen LogP contribution in [-0.2, 0) is 7.05 Å². The minimum atomic E-state index is 0.273. The predicted octanol–water partition coefficient (Wildman–Crippen LogP) is 0.807. The highest BCUT2D eigenvalue weighted by Crippen LogP contribution is 2.15. The summed E-state index contributed by atoms with van der Waals surface area (Å²) in [6.07, 6.45) is 4.41. The highest BCUT2D eigenvalue weighted by molar-refractivity contribution is 4.92. The third-order valence-corrected chi connectivity index (χ3v) is 3.57. The molecule has 0 aromatic carbocycles. The van der Waals surface area contributed by atoms with Crippen molar-refractivity contribution in [2.45, 2.75) is 25.8 Å². The lowest BCUT2D eigenvalue weighted by atomic mass is 9.98. The Labute approximate surface area is 103 Å². The van der Waals surface area contributed by atoms with E-state index in [2.05, 4.69) is 34.4 Å². The highest BCUT2D eigenvalue weighted by atomic mass is 15.3. The van der Waals surface area contributed by atoms with Crippen LogP contribution in [0, 0.1) is 5.92 Å². The van der Waals surface area contributed by atoms with Crippen LogP contribution in [0.25, 0.3) is 0 Å². The maximum atomic E-state index is 4.13. The molecule has 0 amide bonds. The van der Waals surface area contributed by atoms with E-state index in [1.165, 1.54) is 25.9 Å². The van der Waals surface area contributed by atoms with Gasteiger partial charge in [0.2, 0.25) is 0 Å². The number of hydrogen-bond acceptors (Lipinski definition) is 4. The molecule has 1 aliphatic rings. The van der Waals surface area contributed by atoms with Crippen molar-refractivity contribution in [1.82, 2.24) is 25.0 Å². The molecule has 17 heavy (non-hydrogen) atoms. The third-order valence-electron chi connectivity index (χ3n) is 3.57. The monoisotopic (exact) mass is 237 g/mol. The molecular formula is C12H23N5. The molecule has 1 fully saturated rings. The van der Waals surface area contributed by atoms with Crippen LogP contribution in [0.2, 0.25) is 0 Å². The first-order valence-corrected chi connectivity index (χ1v) is 6.42. The van der Waals surface area contributed by atoms with E-state index in [0.717, 1.165) is 18.3 Å². The number of likely N-dealkylation sites (tertiary alicyclic amines) is 1. The first-order valence-electron chi connectivity index (χ1n) is 6.42. The highest BCUT2D eigenvalue weighted by Gasteiger charge is 2.18. The van der Waals surface area contributed by atoms with Gasteiger partial charge in [0, 0.05) is 13.6 Å². The molecule has 1 aromatic rings. The van der Waals surface area contributed by atoms with Crippen LogP contribution in [0.15, 0.2) is 6.33 Å². The van der Waals surface area contributed by atoms with Crippen molar-refractivity contribution in [2.75, 3.05) is 26.7 Å². The van der Waals surface area contributed by atoms with Crippen molar-refractivity contribution < 1.29 is 0 Å². The van der Waals surface area contributed by atoms with Gasteiger partial charge >= 0.3 is 0 Å². The number of aromatic nitrogens is 3. The van der Waals surface area contributed by atoms with Gasteiger partial charge in [0.15, 0.2) is 0 Å². The molecule has 0 saturated carbocycles. The Morgan fingerprint density at radius 2 is 2.35 bits per heavy atom. The third kappa shape index (κ3) is 3.26. The zero-order chi connectivity index (χ0) is 12.3. The SMILES string of the molecule is CC(NCC1CCCN(C)C1)c1nncn1C. The zero-order valence-electron chi connectivity index (χ0n) is 11.1. The van der Waals surface area contributed by atoms with Crippen molar-refractivity contribution in [2.24, 2.45) is 13.0 Å². The molecule has 2 atom stereocenters. The van der Waals surface area contributed by atoms with Gasteiger partial charge in [-0.2, -0.15) is 0 Å². The fraction of sp³-hybridized carbons (Fsp3) is 0.833. The standard InChI is InChI=1S/C12H23N5/c1-10(12-15-14-9-17(12)3)13-7-11-5-4-6-16(2)8-11/h9-11,13H,4-8H2,1-3H3. The number of aryl methyl sites for hydroxylation is 1. The van der Waals surface area contributed by atoms with E-state index < -0.39 is 0 Å². The van der Waals surface area contributed by atoms with E-state index in [0.29, 0.717) is 0 Å². The van der Waals surface area contributed by atoms with Crippen LogP contribution in [-0.4, -0.2) is 46.3 Å². The van der Waals surface area contributed by atoms with Gasteiger partial charge in [-0.15, -0.1) is 10.2 Å². The van der Waals surface area contributed by atoms with Gasteiger partial charge in [-0.1, -0.05) is 0 Å². The minimum Gasteiger partial charge on any atom is -0.319 e. The lowest BCUT2D eigenvalue weighted by Crippen LogP contribution is -2.38. The van der Waals surface area contributed by atoms with Gasteiger partial charge in [0.1, 0.15) is 12.2 Å². The molecule has 1 aliphatic heterocycles. The second kappa shape index (κ2) is 5.60. The number of piperidine rings is 1. The summed E-state index contributed by atoms with van der Waals surface area (Å²) in [5, 5.41) is 11.6. The maximum Gasteiger partial charge on any atom is 0.149 e. The fourth-order valence-corrected chi connectivity index (χ4v) is 2.56. The van der Waals surface area contributed by atoms with E-state index in [1.54, 1.807) is 6.33 Å². The van der Waals surface area contributed by atoms with Crippen LogP contribution in [0.3, 0.4) is 0 Å². The normalized spacial score (nSPS) is 23.8. The first kappa shape index (κ1) is 12.5. The minimum absolute atomic E-state index is 0.273. The predicted molar refractivity (Wildman–Crippen MR) is 67.6 cm³/mol. The van der Waals surface area contributed by atoms with Gasteiger partial charge in [-0.25, -0.2) is 0 Å². The van der Waals surface area contributed by atoms with Crippen LogP contribution < -0.4 is 5.32 Å². The summed E-state index contributed by atoms with van der Waals surface area (Å²) in [6, 6.07) is 0.273. The summed E-state index contributed by atoms with van der Waals surface area (Å²) in [7, 11) is 4.19. The van der Waals surface area contributed by atoms with Crippen molar-refractivity contribution in [3.05, 3.63) is 12.2 Å². The molecule has 2 unspecified atom stereocenters. The lowest BCUT2D eigenvalue weighted by Gasteiger charge is -2.30. The molecule has 0 spiro atoms. The van der Waals surface area contributed by atoms with Crippen LogP contribution in [0.5, 0.6) is 0 Å². The zero-order valence-corrected chi connectivity index (χ0v) is 11.1. The Balaban J connectivity index is 1.80. The summed E-state index contributed by atoms with van der Waals surface area (Å²) in [5.41, 5.74) is 0. The summed E-state index contributed by atoms with van der Waals surface area (Å²) >= 11 is 0. The molecule has 5 nitrogen and oxygen atoms in total. The molecule has 0 radical (unpaired) electrons. The Kier molecular flexibility index (Phi) is 4.12. The van der Waals surface area contributed by atoms with Crippen LogP contribution in [0.4, 0.5) is 0 Å². The van der Waals surface area contributed by atoms with E-state index in [1.807, 2.05) is 11.6 Å². The van der Waals surface area contributed by atoms with Gasteiger partial charge < -0.3 is 14.8 Å². The Bertz CT molecular complexity index is 348. The molecule has 0 bridgehead atoms. The van der Waals surface area contributed by atoms with Crippen LogP contribution >= 0.6 is 0 Å². The molecule has 1 saturated heterocycles. The molecule has 96 valence electrons. The largest absolute Gasteiger partial charge is 0.319 e. The summed E-state index contributed by atoms with van der Waals surface area (Å²) < 4.78 is 1.98. The topological polar surface area (TPSA) is 46.0 Å². The summed E-state index contributed by atoms with van der Waals surface area (Å²) in [4.78, 5) is 2.42. The molecule has 2 rings (SSSR count). The first-order chi connectivity index (χ1) is 8.16. The van der Waals surface area contributed by atoms with Gasteiger partial charge in [0.05, 0.1) is 6.04 Å². The Morgan fingerprint density at radius 1 is 1.53 bits per heavy atom. The number of nitrogens with zero attached hydrogens (tertiary/aromatic N) is 4. The number of rotatable bonds is 4. The van der Waals surface area contributed by atoms with E-state index in [9.17, 15) is 0 Å². The van der Waals surface area contributed by atoms with Crippen LogP contribution in [0.1, 0.15) is 31.6 Å². The van der Waals surface area contributed by atoms with Gasteiger partial charge in [-0.05, 0) is 45.8 Å². The van der Waals surface area contributed by atoms with Crippen molar-refractivity contribution in [3.8, 4) is 0 Å². The second-order valence-corrected chi connectivity index (χ2v) is 5.20. The van der Waals surface area contributed by atoms with Crippen molar-refractivity contribution in [1.29, 1.82) is 0 Å². The van der Waals surface area contributed by atoms with E-state index in [4.69, 9.17) is 0 Å². The molecule has 1 aromatic heterocycles. The quantitative estimate of drug-likeness (QED) is 0.841. The van der Waals surface area contributed by atoms with Crippen molar-refractivity contribution in [3.63, 3.8) is 0 Å². The van der Waals surface area contributed by atoms with E-state index >= 15 is 0 Å². The van der Waals surface area contributed by atoms with E-state index in [-0.39, 0.29) is 6.04 Å². The molecule has 5 heteroatoms.